The summed E-state index contributed by atoms with van der Waals surface area (Å²) in [5, 5.41) is 1.04. The summed E-state index contributed by atoms with van der Waals surface area (Å²) in [6, 6.07) is 14.8. The second kappa shape index (κ2) is 14.0. The van der Waals surface area contributed by atoms with E-state index >= 15 is 0 Å². The highest BCUT2D eigenvalue weighted by molar-refractivity contribution is 7.91. The van der Waals surface area contributed by atoms with Crippen molar-refractivity contribution in [3.63, 3.8) is 0 Å². The smallest absolute Gasteiger partial charge is 0.274 e. The third-order valence-electron chi connectivity index (χ3n) is 11.2. The van der Waals surface area contributed by atoms with Crippen molar-refractivity contribution in [3.05, 3.63) is 71.3 Å². The second-order valence-electron chi connectivity index (χ2n) is 14.9. The molecule has 7 rings (SSSR count). The van der Waals surface area contributed by atoms with E-state index in [4.69, 9.17) is 16.3 Å². The Labute approximate surface area is 302 Å². The number of hydrogen-bond donors (Lipinski definition) is 1. The molecule has 50 heavy (non-hydrogen) atoms. The number of carbonyl (C=O) groups excluding carboxylic acids is 3. The van der Waals surface area contributed by atoms with Crippen molar-refractivity contribution >= 4 is 60.8 Å². The van der Waals surface area contributed by atoms with Gasteiger partial charge in [-0.05, 0) is 88.0 Å². The maximum Gasteiger partial charge on any atom is 0.274 e. The number of sulfonamides is 1. The lowest BCUT2D eigenvalue weighted by Gasteiger charge is -2.29. The van der Waals surface area contributed by atoms with Gasteiger partial charge in [-0.25, -0.2) is 13.4 Å². The molecular weight excluding hydrogens is 694 g/mol. The van der Waals surface area contributed by atoms with Crippen molar-refractivity contribution in [1.29, 1.82) is 0 Å². The SMILES string of the molecule is CC1(S(=O)(=O)NC(=O)[C@]23CC(=O)[C@@H]4C[C@@H](Oc5nc6ccc(Cl)cc6s5)CN4C(=O)[C@@H](CCc4ccccc4)CCCCC/C=C\[C@H]2C3)CC1. The van der Waals surface area contributed by atoms with Gasteiger partial charge in [-0.15, -0.1) is 0 Å². The van der Waals surface area contributed by atoms with Crippen molar-refractivity contribution in [1.82, 2.24) is 14.6 Å². The van der Waals surface area contributed by atoms with Gasteiger partial charge in [0.1, 0.15) is 6.10 Å². The van der Waals surface area contributed by atoms with Crippen LogP contribution in [0.4, 0.5) is 0 Å². The van der Waals surface area contributed by atoms with Crippen LogP contribution < -0.4 is 9.46 Å². The predicted molar refractivity (Wildman–Crippen MR) is 195 cm³/mol. The first-order valence-corrected chi connectivity index (χ1v) is 20.5. The number of rotatable bonds is 8. The van der Waals surface area contributed by atoms with Crippen LogP contribution in [0, 0.1) is 17.3 Å². The molecule has 2 amide bonds. The molecule has 2 aliphatic carbocycles. The number of amides is 2. The highest BCUT2D eigenvalue weighted by atomic mass is 35.5. The Bertz CT molecular complexity index is 1910. The van der Waals surface area contributed by atoms with E-state index in [9.17, 15) is 22.8 Å². The number of allylic oxidation sites excluding steroid dienone is 2. The molecule has 2 aliphatic heterocycles. The van der Waals surface area contributed by atoms with Gasteiger partial charge >= 0.3 is 0 Å². The van der Waals surface area contributed by atoms with E-state index in [-0.39, 0.29) is 42.9 Å². The van der Waals surface area contributed by atoms with Crippen LogP contribution in [0.15, 0.2) is 60.7 Å². The summed E-state index contributed by atoms with van der Waals surface area (Å²) >= 11 is 7.57. The average Bonchev–Trinajstić information content (AvgIpc) is 3.90. The standard InChI is InChI=1S/C38H44ClN3O6S2/c1-37(18-19-37)50(46,47)41-35(45)38-22-27(38)13-9-4-2-3-8-12-26(15-14-25-10-6-5-7-11-25)34(44)42-24-29(21-31(42)32(43)23-38)48-36-40-30-17-16-28(39)20-33(30)49-36/h5-7,9-11,13,16-17,20,26-27,29,31H,2-4,8,12,14-15,18-19,21-24H2,1H3,(H,41,45)/b13-9-/t26-,27+,29-,31+,38-/m1/s1. The van der Waals surface area contributed by atoms with Gasteiger partial charge in [0.05, 0.1) is 33.0 Å². The van der Waals surface area contributed by atoms with Crippen molar-refractivity contribution in [2.24, 2.45) is 17.3 Å². The van der Waals surface area contributed by atoms with Crippen LogP contribution in [0.1, 0.15) is 83.1 Å². The molecule has 4 aliphatic rings. The quantitative estimate of drug-likeness (QED) is 0.246. The van der Waals surface area contributed by atoms with Crippen LogP contribution in [0.2, 0.25) is 5.02 Å². The number of aromatic nitrogens is 1. The van der Waals surface area contributed by atoms with Crippen molar-refractivity contribution in [2.45, 2.75) is 101 Å². The van der Waals surface area contributed by atoms with Gasteiger partial charge < -0.3 is 9.64 Å². The van der Waals surface area contributed by atoms with E-state index in [0.29, 0.717) is 35.9 Å². The maximum atomic E-state index is 14.5. The Balaban J connectivity index is 1.17. The minimum Gasteiger partial charge on any atom is -0.465 e. The Morgan fingerprint density at radius 2 is 1.92 bits per heavy atom. The van der Waals surface area contributed by atoms with Crippen LogP contribution in [0.25, 0.3) is 10.2 Å². The largest absolute Gasteiger partial charge is 0.465 e. The second-order valence-corrected chi connectivity index (χ2v) is 18.5. The zero-order valence-electron chi connectivity index (χ0n) is 28.3. The topological polar surface area (TPSA) is 123 Å². The minimum absolute atomic E-state index is 0.0652. The third-order valence-corrected chi connectivity index (χ3v) is 14.5. The van der Waals surface area contributed by atoms with E-state index in [1.807, 2.05) is 36.4 Å². The van der Waals surface area contributed by atoms with Gasteiger partial charge in [-0.1, -0.05) is 78.3 Å². The summed E-state index contributed by atoms with van der Waals surface area (Å²) in [6.45, 7) is 1.87. The van der Waals surface area contributed by atoms with Crippen LogP contribution in [-0.2, 0) is 30.8 Å². The molecular formula is C38H44ClN3O6S2. The number of ketones is 1. The Hall–Kier alpha value is -3.28. The van der Waals surface area contributed by atoms with Crippen LogP contribution in [0.5, 0.6) is 5.19 Å². The zero-order valence-corrected chi connectivity index (χ0v) is 30.7. The average molecular weight is 738 g/mol. The van der Waals surface area contributed by atoms with Crippen molar-refractivity contribution in [2.75, 3.05) is 6.54 Å². The highest BCUT2D eigenvalue weighted by Crippen LogP contribution is 2.57. The Morgan fingerprint density at radius 3 is 2.70 bits per heavy atom. The number of nitrogens with one attached hydrogen (secondary N) is 1. The lowest BCUT2D eigenvalue weighted by molar-refractivity contribution is -0.142. The van der Waals surface area contributed by atoms with E-state index in [2.05, 4.69) is 27.9 Å². The molecule has 3 aromatic rings. The number of aryl methyl sites for hydroxylation is 1. The van der Waals surface area contributed by atoms with Crippen LogP contribution in [-0.4, -0.2) is 59.3 Å². The van der Waals surface area contributed by atoms with Crippen LogP contribution >= 0.6 is 22.9 Å². The summed E-state index contributed by atoms with van der Waals surface area (Å²) in [5.74, 6) is -1.44. The number of fused-ring (bicyclic) bond motifs is 3. The molecule has 3 fully saturated rings. The molecule has 9 nitrogen and oxygen atoms in total. The van der Waals surface area contributed by atoms with E-state index in [1.54, 1.807) is 17.9 Å². The summed E-state index contributed by atoms with van der Waals surface area (Å²) in [5.41, 5.74) is 0.750. The van der Waals surface area contributed by atoms with Gasteiger partial charge in [0.15, 0.2) is 5.78 Å². The number of halogens is 1. The zero-order chi connectivity index (χ0) is 35.1. The minimum atomic E-state index is -3.88. The molecule has 2 saturated carbocycles. The molecule has 0 radical (unpaired) electrons. The molecule has 1 N–H and O–H groups in total. The molecule has 1 saturated heterocycles. The van der Waals surface area contributed by atoms with Gasteiger partial charge in [-0.3, -0.25) is 19.1 Å². The third kappa shape index (κ3) is 7.37. The number of thiazole rings is 1. The first-order chi connectivity index (χ1) is 24.0. The number of Topliss-reactive ketones (excluding diaryl/α,β-unsaturated/α-hetero) is 1. The molecule has 0 unspecified atom stereocenters. The monoisotopic (exact) mass is 737 g/mol. The van der Waals surface area contributed by atoms with Gasteiger partial charge in [-0.2, -0.15) is 0 Å². The first kappa shape index (κ1) is 35.1. The lowest BCUT2D eigenvalue weighted by Crippen LogP contribution is -2.47. The molecule has 2 aromatic carbocycles. The van der Waals surface area contributed by atoms with Crippen LogP contribution in [0.3, 0.4) is 0 Å². The number of hydrogen-bond acceptors (Lipinski definition) is 8. The molecule has 0 bridgehead atoms. The fourth-order valence-electron chi connectivity index (χ4n) is 7.55. The molecule has 1 aromatic heterocycles. The highest BCUT2D eigenvalue weighted by Gasteiger charge is 2.62. The lowest BCUT2D eigenvalue weighted by atomic mass is 9.90. The Kier molecular flexibility index (Phi) is 9.86. The fraction of sp³-hybridized carbons (Fsp3) is 0.526. The molecule has 0 spiro atoms. The number of nitrogens with zero attached hydrogens (tertiary/aromatic N) is 2. The number of ether oxygens (including phenoxy) is 1. The Morgan fingerprint density at radius 1 is 1.12 bits per heavy atom. The molecule has 266 valence electrons. The number of carbonyl (C=O) groups is 3. The summed E-state index contributed by atoms with van der Waals surface area (Å²) < 4.78 is 34.9. The predicted octanol–water partition coefficient (Wildman–Crippen LogP) is 7.03. The van der Waals surface area contributed by atoms with Crippen molar-refractivity contribution < 1.29 is 27.5 Å². The van der Waals surface area contributed by atoms with Gasteiger partial charge in [0.2, 0.25) is 21.8 Å². The molecule has 5 atom stereocenters. The maximum absolute atomic E-state index is 14.5. The first-order valence-electron chi connectivity index (χ1n) is 17.8. The van der Waals surface area contributed by atoms with E-state index in [0.717, 1.165) is 54.3 Å². The van der Waals surface area contributed by atoms with Gasteiger partial charge in [0.25, 0.3) is 5.19 Å². The normalized spacial score (nSPS) is 29.0. The van der Waals surface area contributed by atoms with E-state index < -0.39 is 38.2 Å². The van der Waals surface area contributed by atoms with Crippen molar-refractivity contribution in [3.8, 4) is 5.19 Å². The molecule has 3 heterocycles. The summed E-state index contributed by atoms with van der Waals surface area (Å²) in [6.07, 6.45) is 10.9. The number of benzene rings is 2. The summed E-state index contributed by atoms with van der Waals surface area (Å²) in [4.78, 5) is 49.1. The molecule has 12 heteroatoms. The summed E-state index contributed by atoms with van der Waals surface area (Å²) in [7, 11) is -3.88. The van der Waals surface area contributed by atoms with E-state index in [1.165, 1.54) is 11.3 Å². The van der Waals surface area contributed by atoms with Gasteiger partial charge in [0, 0.05) is 23.8 Å². The fourth-order valence-corrected chi connectivity index (χ4v) is 10.0.